The largest absolute Gasteiger partial charge is 0.494 e. The molecule has 0 fully saturated rings. The van der Waals surface area contributed by atoms with Gasteiger partial charge in [-0.05, 0) is 74.7 Å². The molecule has 0 saturated carbocycles. The molecular formula is C33H38ClN3O6. The maximum Gasteiger partial charge on any atom is 0.306 e. The summed E-state index contributed by atoms with van der Waals surface area (Å²) < 4.78 is 17.7. The number of ether oxygens (including phenoxy) is 3. The Hall–Kier alpha value is -3.92. The molecule has 0 bridgehead atoms. The van der Waals surface area contributed by atoms with Crippen LogP contribution in [-0.2, 0) is 25.6 Å². The first-order valence-corrected chi connectivity index (χ1v) is 14.6. The number of benzene rings is 3. The van der Waals surface area contributed by atoms with Gasteiger partial charge in [-0.2, -0.15) is 0 Å². The van der Waals surface area contributed by atoms with Gasteiger partial charge in [0.25, 0.3) is 5.91 Å². The van der Waals surface area contributed by atoms with Gasteiger partial charge in [0.15, 0.2) is 11.6 Å². The minimum absolute atomic E-state index is 0.0434. The van der Waals surface area contributed by atoms with Crippen molar-refractivity contribution in [1.82, 2.24) is 10.9 Å². The summed E-state index contributed by atoms with van der Waals surface area (Å²) in [6.07, 6.45) is -0.299. The van der Waals surface area contributed by atoms with E-state index in [0.29, 0.717) is 35.9 Å². The van der Waals surface area contributed by atoms with E-state index in [2.05, 4.69) is 10.9 Å². The van der Waals surface area contributed by atoms with E-state index in [1.165, 1.54) is 0 Å². The van der Waals surface area contributed by atoms with Crippen LogP contribution >= 0.6 is 11.6 Å². The lowest BCUT2D eigenvalue weighted by atomic mass is 9.83. The lowest BCUT2D eigenvalue weighted by molar-refractivity contribution is -0.155. The van der Waals surface area contributed by atoms with Gasteiger partial charge in [-0.1, -0.05) is 54.1 Å². The number of aliphatic imine (C=N–C) groups is 1. The molecule has 0 unspecified atom stereocenters. The first-order chi connectivity index (χ1) is 20.6. The van der Waals surface area contributed by atoms with E-state index >= 15 is 0 Å². The van der Waals surface area contributed by atoms with Crippen molar-refractivity contribution >= 4 is 29.4 Å². The van der Waals surface area contributed by atoms with Gasteiger partial charge in [0.05, 0.1) is 6.61 Å². The van der Waals surface area contributed by atoms with Crippen molar-refractivity contribution in [3.8, 4) is 5.75 Å². The number of aliphatic hydroxyl groups is 1. The number of carbonyl (C=O) groups is 2. The SMILES string of the molecule is CC(C)(C)OC(=O)CC[C@]1(C(=O)NNCc2ccc(Cl)cc2)N=C(c2ccc(OCCCO)cc2)O[C@H]1c1ccccc1. The van der Waals surface area contributed by atoms with Gasteiger partial charge in [-0.25, -0.2) is 10.4 Å². The van der Waals surface area contributed by atoms with Gasteiger partial charge >= 0.3 is 5.97 Å². The third-order valence-corrected chi connectivity index (χ3v) is 6.92. The Kier molecular flexibility index (Phi) is 10.8. The normalized spacial score (nSPS) is 18.0. The van der Waals surface area contributed by atoms with E-state index in [1.807, 2.05) is 42.5 Å². The van der Waals surface area contributed by atoms with Crippen LogP contribution in [0.25, 0.3) is 0 Å². The highest BCUT2D eigenvalue weighted by atomic mass is 35.5. The molecule has 10 heteroatoms. The number of rotatable bonds is 13. The Morgan fingerprint density at radius 3 is 2.37 bits per heavy atom. The Balaban J connectivity index is 1.65. The number of halogens is 1. The fourth-order valence-corrected chi connectivity index (χ4v) is 4.75. The second-order valence-electron chi connectivity index (χ2n) is 11.2. The fourth-order valence-electron chi connectivity index (χ4n) is 4.62. The second kappa shape index (κ2) is 14.5. The highest BCUT2D eigenvalue weighted by Crippen LogP contribution is 2.43. The smallest absolute Gasteiger partial charge is 0.306 e. The summed E-state index contributed by atoms with van der Waals surface area (Å²) in [6.45, 7) is 6.18. The van der Waals surface area contributed by atoms with Gasteiger partial charge in [-0.15, -0.1) is 0 Å². The topological polar surface area (TPSA) is 118 Å². The average molecular weight is 608 g/mol. The van der Waals surface area contributed by atoms with Crippen LogP contribution in [0.15, 0.2) is 83.9 Å². The first kappa shape index (κ1) is 32.0. The van der Waals surface area contributed by atoms with Crippen molar-refractivity contribution in [1.29, 1.82) is 0 Å². The van der Waals surface area contributed by atoms with Crippen molar-refractivity contribution in [2.45, 2.75) is 63.8 Å². The van der Waals surface area contributed by atoms with Gasteiger partial charge in [0.2, 0.25) is 5.90 Å². The van der Waals surface area contributed by atoms with Crippen LogP contribution in [0.2, 0.25) is 5.02 Å². The number of nitrogens with zero attached hydrogens (tertiary/aromatic N) is 1. The quantitative estimate of drug-likeness (QED) is 0.137. The predicted octanol–water partition coefficient (Wildman–Crippen LogP) is 5.30. The second-order valence-corrected chi connectivity index (χ2v) is 11.7. The van der Waals surface area contributed by atoms with Gasteiger partial charge in [-0.3, -0.25) is 15.0 Å². The van der Waals surface area contributed by atoms with E-state index in [0.717, 1.165) is 11.1 Å². The minimum atomic E-state index is -1.49. The average Bonchev–Trinajstić information content (AvgIpc) is 3.38. The lowest BCUT2D eigenvalue weighted by Crippen LogP contribution is -2.52. The summed E-state index contributed by atoms with van der Waals surface area (Å²) in [5.41, 5.74) is 5.94. The van der Waals surface area contributed by atoms with Crippen LogP contribution < -0.4 is 15.6 Å². The lowest BCUT2D eigenvalue weighted by Gasteiger charge is -2.31. The maximum atomic E-state index is 14.1. The Morgan fingerprint density at radius 1 is 1.02 bits per heavy atom. The molecule has 3 aromatic carbocycles. The zero-order valence-corrected chi connectivity index (χ0v) is 25.4. The molecule has 3 N–H and O–H groups in total. The molecule has 0 saturated heterocycles. The van der Waals surface area contributed by atoms with Crippen molar-refractivity contribution in [3.05, 3.63) is 101 Å². The molecular weight excluding hydrogens is 570 g/mol. The fraction of sp³-hybridized carbons (Fsp3) is 0.364. The van der Waals surface area contributed by atoms with Gasteiger partial charge in [0.1, 0.15) is 11.4 Å². The van der Waals surface area contributed by atoms with Crippen molar-refractivity contribution in [2.75, 3.05) is 13.2 Å². The third kappa shape index (κ3) is 8.79. The third-order valence-electron chi connectivity index (χ3n) is 6.67. The highest BCUT2D eigenvalue weighted by molar-refractivity contribution is 6.30. The molecule has 0 radical (unpaired) electrons. The molecule has 0 spiro atoms. The predicted molar refractivity (Wildman–Crippen MR) is 165 cm³/mol. The van der Waals surface area contributed by atoms with E-state index < -0.39 is 29.1 Å². The first-order valence-electron chi connectivity index (χ1n) is 14.2. The zero-order valence-electron chi connectivity index (χ0n) is 24.6. The van der Waals surface area contributed by atoms with Gasteiger partial charge < -0.3 is 19.3 Å². The number of hydrazine groups is 1. The molecule has 228 valence electrons. The van der Waals surface area contributed by atoms with Crippen LogP contribution in [0.5, 0.6) is 5.75 Å². The molecule has 2 atom stereocenters. The monoisotopic (exact) mass is 607 g/mol. The standard InChI is InChI=1S/C33H38ClN3O6/c1-32(2,3)43-28(39)18-19-33(31(40)37-35-22-23-10-14-26(34)15-11-23)29(24-8-5-4-6-9-24)42-30(36-33)25-12-16-27(17-13-25)41-21-7-20-38/h4-6,8-17,29,35,38H,7,18-22H2,1-3H3,(H,37,40)/t29-,33-/m0/s1. The zero-order chi connectivity index (χ0) is 30.9. The number of aliphatic hydroxyl groups excluding tert-OH is 1. The number of carbonyl (C=O) groups excluding carboxylic acids is 2. The summed E-state index contributed by atoms with van der Waals surface area (Å²) in [6, 6.07) is 23.8. The molecule has 1 heterocycles. The molecule has 0 aliphatic carbocycles. The maximum absolute atomic E-state index is 14.1. The van der Waals surface area contributed by atoms with Crippen LogP contribution in [0, 0.1) is 0 Å². The summed E-state index contributed by atoms with van der Waals surface area (Å²) in [5, 5.41) is 9.64. The number of esters is 1. The van der Waals surface area contributed by atoms with Crippen molar-refractivity contribution in [3.63, 3.8) is 0 Å². The van der Waals surface area contributed by atoms with Crippen molar-refractivity contribution in [2.24, 2.45) is 4.99 Å². The molecule has 1 amide bonds. The van der Waals surface area contributed by atoms with Crippen LogP contribution in [0.3, 0.4) is 0 Å². The Bertz CT molecular complexity index is 1390. The molecule has 43 heavy (non-hydrogen) atoms. The van der Waals surface area contributed by atoms with E-state index in [-0.39, 0.29) is 25.3 Å². The molecule has 0 aromatic heterocycles. The number of hydrogen-bond donors (Lipinski definition) is 3. The van der Waals surface area contributed by atoms with Crippen LogP contribution in [0.1, 0.15) is 62.8 Å². The molecule has 1 aliphatic heterocycles. The number of nitrogens with one attached hydrogen (secondary N) is 2. The summed E-state index contributed by atoms with van der Waals surface area (Å²) >= 11 is 6.00. The van der Waals surface area contributed by atoms with Gasteiger partial charge in [0, 0.05) is 36.6 Å². The summed E-state index contributed by atoms with van der Waals surface area (Å²) in [5.74, 6) is 0.0232. The molecule has 9 nitrogen and oxygen atoms in total. The van der Waals surface area contributed by atoms with E-state index in [1.54, 1.807) is 57.2 Å². The Morgan fingerprint density at radius 2 is 1.72 bits per heavy atom. The molecule has 4 rings (SSSR count). The number of amides is 1. The number of hydrogen-bond acceptors (Lipinski definition) is 8. The minimum Gasteiger partial charge on any atom is -0.494 e. The van der Waals surface area contributed by atoms with Crippen LogP contribution in [-0.4, -0.2) is 47.2 Å². The summed E-state index contributed by atoms with van der Waals surface area (Å²) in [7, 11) is 0. The Labute approximate surface area is 257 Å². The van der Waals surface area contributed by atoms with Crippen molar-refractivity contribution < 1.29 is 28.9 Å². The molecule has 1 aliphatic rings. The van der Waals surface area contributed by atoms with E-state index in [9.17, 15) is 9.59 Å². The highest BCUT2D eigenvalue weighted by Gasteiger charge is 2.53. The summed E-state index contributed by atoms with van der Waals surface area (Å²) in [4.78, 5) is 31.8. The van der Waals surface area contributed by atoms with E-state index in [4.69, 9.17) is 35.9 Å². The van der Waals surface area contributed by atoms with Crippen LogP contribution in [0.4, 0.5) is 0 Å². The molecule has 3 aromatic rings.